The molecule has 1 aliphatic carbocycles. The Bertz CT molecular complexity index is 948. The number of carbonyl (C=O) groups excluding carboxylic acids is 1. The number of amides is 1. The summed E-state index contributed by atoms with van der Waals surface area (Å²) in [6.45, 7) is 2.73. The number of fused-ring (bicyclic) bond motifs is 2. The van der Waals surface area contributed by atoms with E-state index >= 15 is 0 Å². The molecule has 4 nitrogen and oxygen atoms in total. The van der Waals surface area contributed by atoms with Crippen molar-refractivity contribution in [3.05, 3.63) is 57.2 Å². The van der Waals surface area contributed by atoms with Crippen LogP contribution in [-0.2, 0) is 19.3 Å². The van der Waals surface area contributed by atoms with Gasteiger partial charge in [-0.25, -0.2) is 4.98 Å². The molecule has 134 valence electrons. The molecule has 0 bridgehead atoms. The van der Waals surface area contributed by atoms with Gasteiger partial charge < -0.3 is 5.32 Å². The molecule has 0 radical (unpaired) electrons. The number of aromatic nitrogens is 2. The van der Waals surface area contributed by atoms with E-state index < -0.39 is 0 Å². The Labute approximate surface area is 157 Å². The minimum absolute atomic E-state index is 0.0480. The Kier molecular flexibility index (Phi) is 4.98. The van der Waals surface area contributed by atoms with E-state index in [2.05, 4.69) is 15.7 Å². The topological polar surface area (TPSA) is 54.9 Å². The maximum atomic E-state index is 12.9. The van der Waals surface area contributed by atoms with Crippen molar-refractivity contribution in [1.82, 2.24) is 15.3 Å². The predicted octanol–water partition coefficient (Wildman–Crippen LogP) is 4.24. The number of nitrogens with zero attached hydrogens (tertiary/aromatic N) is 2. The van der Waals surface area contributed by atoms with Crippen LogP contribution in [-0.4, -0.2) is 22.4 Å². The van der Waals surface area contributed by atoms with Crippen molar-refractivity contribution in [3.63, 3.8) is 0 Å². The Morgan fingerprint density at radius 2 is 2.08 bits per heavy atom. The number of hydrogen-bond donors (Lipinski definition) is 1. The lowest BCUT2D eigenvalue weighted by molar-refractivity contribution is 0.0953. The van der Waals surface area contributed by atoms with Crippen LogP contribution < -0.4 is 5.32 Å². The minimum atomic E-state index is 0.0480. The third-order valence-corrected chi connectivity index (χ3v) is 5.94. The largest absolute Gasteiger partial charge is 0.352 e. The van der Waals surface area contributed by atoms with Gasteiger partial charge in [-0.05, 0) is 57.1 Å². The molecule has 1 aromatic carbocycles. The van der Waals surface area contributed by atoms with E-state index in [-0.39, 0.29) is 5.91 Å². The number of hydrogen-bond acceptors (Lipinski definition) is 4. The van der Waals surface area contributed by atoms with Gasteiger partial charge in [-0.2, -0.15) is 0 Å². The SMILES string of the molecule is Cc1csc(CCCCNC(=O)c2c3c(nc4ccccc24)CCC3)n1. The van der Waals surface area contributed by atoms with E-state index in [9.17, 15) is 4.79 Å². The fourth-order valence-electron chi connectivity index (χ4n) is 3.68. The first-order valence-electron chi connectivity index (χ1n) is 9.32. The van der Waals surface area contributed by atoms with E-state index in [0.717, 1.165) is 71.9 Å². The number of pyridine rings is 1. The third kappa shape index (κ3) is 3.49. The smallest absolute Gasteiger partial charge is 0.252 e. The monoisotopic (exact) mass is 365 g/mol. The number of nitrogens with one attached hydrogen (secondary N) is 1. The first-order chi connectivity index (χ1) is 12.7. The number of rotatable bonds is 6. The highest BCUT2D eigenvalue weighted by Gasteiger charge is 2.23. The Morgan fingerprint density at radius 1 is 1.19 bits per heavy atom. The zero-order valence-corrected chi connectivity index (χ0v) is 15.9. The first-order valence-corrected chi connectivity index (χ1v) is 10.2. The molecule has 0 aliphatic heterocycles. The van der Waals surface area contributed by atoms with Crippen LogP contribution in [0.4, 0.5) is 0 Å². The Balaban J connectivity index is 1.42. The summed E-state index contributed by atoms with van der Waals surface area (Å²) in [4.78, 5) is 22.2. The molecule has 0 saturated carbocycles. The standard InChI is InChI=1S/C21H23N3OS/c1-14-13-26-19(23-14)11-4-5-12-22-21(25)20-15-7-2-3-9-17(15)24-18-10-6-8-16(18)20/h2-3,7,9,13H,4-6,8,10-12H2,1H3,(H,22,25). The lowest BCUT2D eigenvalue weighted by atomic mass is 10.0. The molecule has 3 aromatic rings. The second-order valence-corrected chi connectivity index (χ2v) is 7.82. The Morgan fingerprint density at radius 3 is 2.92 bits per heavy atom. The molecule has 1 N–H and O–H groups in total. The fraction of sp³-hybridized carbons (Fsp3) is 0.381. The molecule has 2 heterocycles. The van der Waals surface area contributed by atoms with Gasteiger partial charge in [0.15, 0.2) is 0 Å². The normalized spacial score (nSPS) is 13.1. The molecule has 5 heteroatoms. The number of para-hydroxylation sites is 1. The van der Waals surface area contributed by atoms with E-state index in [1.807, 2.05) is 31.2 Å². The molecule has 26 heavy (non-hydrogen) atoms. The number of benzene rings is 1. The third-order valence-electron chi connectivity index (χ3n) is 4.92. The van der Waals surface area contributed by atoms with Crippen LogP contribution in [0.3, 0.4) is 0 Å². The summed E-state index contributed by atoms with van der Waals surface area (Å²) in [6, 6.07) is 7.98. The summed E-state index contributed by atoms with van der Waals surface area (Å²) >= 11 is 1.72. The number of unbranched alkanes of at least 4 members (excludes halogenated alkanes) is 1. The molecular weight excluding hydrogens is 342 g/mol. The van der Waals surface area contributed by atoms with Crippen molar-refractivity contribution in [2.45, 2.75) is 45.4 Å². The number of carbonyl (C=O) groups is 1. The second-order valence-electron chi connectivity index (χ2n) is 6.88. The molecule has 1 amide bonds. The van der Waals surface area contributed by atoms with E-state index in [0.29, 0.717) is 6.54 Å². The zero-order valence-electron chi connectivity index (χ0n) is 15.0. The summed E-state index contributed by atoms with van der Waals surface area (Å²) in [6.07, 6.45) is 6.03. The average molecular weight is 366 g/mol. The lowest BCUT2D eigenvalue weighted by Crippen LogP contribution is -2.26. The molecule has 0 fully saturated rings. The highest BCUT2D eigenvalue weighted by atomic mass is 32.1. The quantitative estimate of drug-likeness (QED) is 0.665. The van der Waals surface area contributed by atoms with Crippen LogP contribution in [0.1, 0.15) is 51.6 Å². The average Bonchev–Trinajstić information content (AvgIpc) is 3.27. The predicted molar refractivity (Wildman–Crippen MR) is 106 cm³/mol. The zero-order chi connectivity index (χ0) is 17.9. The van der Waals surface area contributed by atoms with Crippen molar-refractivity contribution in [2.24, 2.45) is 0 Å². The summed E-state index contributed by atoms with van der Waals surface area (Å²) in [5.74, 6) is 0.0480. The maximum absolute atomic E-state index is 12.9. The van der Waals surface area contributed by atoms with Gasteiger partial charge in [0.25, 0.3) is 5.91 Å². The van der Waals surface area contributed by atoms with Crippen molar-refractivity contribution in [3.8, 4) is 0 Å². The van der Waals surface area contributed by atoms with Crippen LogP contribution in [0.2, 0.25) is 0 Å². The van der Waals surface area contributed by atoms with Gasteiger partial charge in [-0.15, -0.1) is 11.3 Å². The maximum Gasteiger partial charge on any atom is 0.252 e. The minimum Gasteiger partial charge on any atom is -0.352 e. The molecule has 0 unspecified atom stereocenters. The number of thiazole rings is 1. The molecule has 0 saturated heterocycles. The van der Waals surface area contributed by atoms with Gasteiger partial charge >= 0.3 is 0 Å². The van der Waals surface area contributed by atoms with E-state index in [1.165, 1.54) is 5.01 Å². The molecule has 2 aromatic heterocycles. The van der Waals surface area contributed by atoms with Crippen LogP contribution in [0.15, 0.2) is 29.6 Å². The molecule has 4 rings (SSSR count). The second kappa shape index (κ2) is 7.54. The summed E-state index contributed by atoms with van der Waals surface area (Å²) < 4.78 is 0. The molecule has 0 atom stereocenters. The van der Waals surface area contributed by atoms with Gasteiger partial charge in [0.2, 0.25) is 0 Å². The highest BCUT2D eigenvalue weighted by Crippen LogP contribution is 2.29. The molecular formula is C21H23N3OS. The van der Waals surface area contributed by atoms with Gasteiger partial charge in [-0.3, -0.25) is 9.78 Å². The summed E-state index contributed by atoms with van der Waals surface area (Å²) in [5, 5.41) is 7.38. The summed E-state index contributed by atoms with van der Waals surface area (Å²) in [7, 11) is 0. The molecule has 1 aliphatic rings. The first kappa shape index (κ1) is 17.2. The van der Waals surface area contributed by atoms with Crippen LogP contribution >= 0.6 is 11.3 Å². The van der Waals surface area contributed by atoms with E-state index in [1.54, 1.807) is 11.3 Å². The molecule has 0 spiro atoms. The lowest BCUT2D eigenvalue weighted by Gasteiger charge is -2.12. The van der Waals surface area contributed by atoms with Crippen molar-refractivity contribution in [1.29, 1.82) is 0 Å². The van der Waals surface area contributed by atoms with Crippen LogP contribution in [0.25, 0.3) is 10.9 Å². The van der Waals surface area contributed by atoms with Crippen LogP contribution in [0.5, 0.6) is 0 Å². The van der Waals surface area contributed by atoms with Crippen LogP contribution in [0, 0.1) is 6.92 Å². The number of aryl methyl sites for hydroxylation is 3. The van der Waals surface area contributed by atoms with Crippen molar-refractivity contribution in [2.75, 3.05) is 6.54 Å². The van der Waals surface area contributed by atoms with Gasteiger partial charge in [-0.1, -0.05) is 18.2 Å². The van der Waals surface area contributed by atoms with Gasteiger partial charge in [0, 0.05) is 28.7 Å². The van der Waals surface area contributed by atoms with Crippen molar-refractivity contribution >= 4 is 28.1 Å². The van der Waals surface area contributed by atoms with E-state index in [4.69, 9.17) is 4.98 Å². The van der Waals surface area contributed by atoms with Crippen molar-refractivity contribution < 1.29 is 4.79 Å². The summed E-state index contributed by atoms with van der Waals surface area (Å²) in [5.41, 5.74) is 5.13. The van der Waals surface area contributed by atoms with Gasteiger partial charge in [0.05, 0.1) is 16.1 Å². The van der Waals surface area contributed by atoms with Gasteiger partial charge in [0.1, 0.15) is 0 Å². The fourth-order valence-corrected chi connectivity index (χ4v) is 4.50. The Hall–Kier alpha value is -2.27. The highest BCUT2D eigenvalue weighted by molar-refractivity contribution is 7.09.